The van der Waals surface area contributed by atoms with Crippen molar-refractivity contribution in [3.05, 3.63) is 156 Å². The number of nitrogens with zero attached hydrogens (tertiary/aromatic N) is 2. The van der Waals surface area contributed by atoms with Crippen molar-refractivity contribution in [1.82, 2.24) is 0 Å². The highest BCUT2D eigenvalue weighted by molar-refractivity contribution is 6.98. The van der Waals surface area contributed by atoms with Crippen molar-refractivity contribution in [1.29, 1.82) is 5.26 Å². The molecule has 6 aromatic carbocycles. The van der Waals surface area contributed by atoms with Gasteiger partial charge >= 0.3 is 0 Å². The van der Waals surface area contributed by atoms with Gasteiger partial charge in [-0.3, -0.25) is 0 Å². The highest BCUT2D eigenvalue weighted by Crippen LogP contribution is 2.47. The van der Waals surface area contributed by atoms with Gasteiger partial charge < -0.3 is 4.90 Å². The average Bonchev–Trinajstić information content (AvgIpc) is 3.13. The lowest BCUT2D eigenvalue weighted by Gasteiger charge is -2.40. The number of hydrogen-bond donors (Lipinski definition) is 0. The smallest absolute Gasteiger partial charge is 0.247 e. The van der Waals surface area contributed by atoms with Crippen LogP contribution in [0.15, 0.2) is 133 Å². The van der Waals surface area contributed by atoms with Crippen LogP contribution in [0.4, 0.5) is 17.1 Å². The normalized spacial score (nSPS) is 12.3. The summed E-state index contributed by atoms with van der Waals surface area (Å²) in [4.78, 5) is 2.47. The van der Waals surface area contributed by atoms with Crippen LogP contribution in [0.1, 0.15) is 81.5 Å². The van der Waals surface area contributed by atoms with Gasteiger partial charge in [-0.1, -0.05) is 156 Å². The predicted octanol–water partition coefficient (Wildman–Crippen LogP) is 10.6. The van der Waals surface area contributed by atoms with E-state index in [1.165, 1.54) is 44.5 Å². The second-order valence-corrected chi connectivity index (χ2v) is 14.2. The first kappa shape index (κ1) is 32.2. The maximum absolute atomic E-state index is 10.3. The van der Waals surface area contributed by atoms with Gasteiger partial charge in [0.2, 0.25) is 6.71 Å². The van der Waals surface area contributed by atoms with E-state index in [1.54, 1.807) is 0 Å². The molecule has 0 saturated carbocycles. The Balaban J connectivity index is 1.59. The van der Waals surface area contributed by atoms with Crippen LogP contribution in [0.5, 0.6) is 0 Å². The molecule has 0 atom stereocenters. The Morgan fingerprint density at radius 2 is 0.959 bits per heavy atom. The maximum Gasteiger partial charge on any atom is 0.247 e. The molecular formula is C46H43BN2. The molecule has 240 valence electrons. The molecule has 0 fully saturated rings. The molecule has 0 saturated heterocycles. The second kappa shape index (κ2) is 13.3. The summed E-state index contributed by atoms with van der Waals surface area (Å²) >= 11 is 0. The van der Waals surface area contributed by atoms with Crippen molar-refractivity contribution in [2.45, 2.75) is 59.3 Å². The van der Waals surface area contributed by atoms with E-state index in [2.05, 4.69) is 186 Å². The van der Waals surface area contributed by atoms with Crippen molar-refractivity contribution in [3.63, 3.8) is 0 Å². The fourth-order valence-corrected chi connectivity index (χ4v) is 7.68. The number of hydrogen-bond acceptors (Lipinski definition) is 2. The van der Waals surface area contributed by atoms with Gasteiger partial charge in [0.1, 0.15) is 0 Å². The number of fused-ring (bicyclic) bond motifs is 2. The van der Waals surface area contributed by atoms with E-state index in [-0.39, 0.29) is 6.71 Å². The van der Waals surface area contributed by atoms with Crippen LogP contribution in [0.2, 0.25) is 0 Å². The zero-order valence-electron chi connectivity index (χ0n) is 29.4. The number of anilines is 3. The van der Waals surface area contributed by atoms with E-state index in [1.807, 2.05) is 0 Å². The first-order valence-electron chi connectivity index (χ1n) is 17.6. The lowest BCUT2D eigenvalue weighted by atomic mass is 9.33. The van der Waals surface area contributed by atoms with Gasteiger partial charge in [0.25, 0.3) is 0 Å². The highest BCUT2D eigenvalue weighted by Gasteiger charge is 2.39. The lowest BCUT2D eigenvalue weighted by Crippen LogP contribution is -2.59. The molecule has 0 radical (unpaired) electrons. The molecule has 0 aromatic heterocycles. The van der Waals surface area contributed by atoms with E-state index in [0.29, 0.717) is 23.3 Å². The topological polar surface area (TPSA) is 27.0 Å². The Kier molecular flexibility index (Phi) is 8.74. The summed E-state index contributed by atoms with van der Waals surface area (Å²) < 4.78 is 0. The van der Waals surface area contributed by atoms with E-state index < -0.39 is 0 Å². The summed E-state index contributed by atoms with van der Waals surface area (Å²) in [6.07, 6.45) is 0. The fourth-order valence-electron chi connectivity index (χ4n) is 7.68. The standard InChI is InChI=1S/C46H43BN2/c1-30(2)36-27-37(31(3)4)45(38(28-36)32(5)6)47-41-21-13-15-23-43(41)49(44-24-16-14-22-42(44)47)46-39(34-17-9-7-10-18-34)25-33(29-48)26-40(46)35-19-11-8-12-20-35/h7-28,30-32H,1-6H3. The molecule has 0 aliphatic carbocycles. The Morgan fingerprint density at radius 1 is 0.531 bits per heavy atom. The zero-order chi connectivity index (χ0) is 34.2. The first-order valence-corrected chi connectivity index (χ1v) is 17.6. The van der Waals surface area contributed by atoms with Gasteiger partial charge in [-0.15, -0.1) is 0 Å². The number of para-hydroxylation sites is 2. The fraction of sp³-hybridized carbons (Fsp3) is 0.196. The van der Waals surface area contributed by atoms with Crippen LogP contribution in [-0.4, -0.2) is 6.71 Å². The number of nitriles is 1. The minimum atomic E-state index is 0.0680. The Hall–Kier alpha value is -5.33. The Morgan fingerprint density at radius 3 is 1.37 bits per heavy atom. The van der Waals surface area contributed by atoms with E-state index in [0.717, 1.165) is 27.9 Å². The van der Waals surface area contributed by atoms with Crippen LogP contribution in [0, 0.1) is 11.3 Å². The van der Waals surface area contributed by atoms with Crippen molar-refractivity contribution in [2.24, 2.45) is 0 Å². The van der Waals surface area contributed by atoms with Crippen LogP contribution in [0.25, 0.3) is 22.3 Å². The minimum absolute atomic E-state index is 0.0680. The highest BCUT2D eigenvalue weighted by atomic mass is 15.2. The SMILES string of the molecule is CC(C)c1cc(C(C)C)c(B2c3ccccc3N(c3c(-c4ccccc4)cc(C#N)cc3-c3ccccc3)c3ccccc32)c(C(C)C)c1. The van der Waals surface area contributed by atoms with Gasteiger partial charge in [0.05, 0.1) is 17.3 Å². The quantitative estimate of drug-likeness (QED) is 0.163. The van der Waals surface area contributed by atoms with Crippen molar-refractivity contribution in [2.75, 3.05) is 4.90 Å². The molecular weight excluding hydrogens is 591 g/mol. The van der Waals surface area contributed by atoms with Gasteiger partial charge in [0, 0.05) is 22.5 Å². The van der Waals surface area contributed by atoms with Crippen LogP contribution < -0.4 is 21.3 Å². The van der Waals surface area contributed by atoms with E-state index >= 15 is 0 Å². The number of rotatable bonds is 7. The van der Waals surface area contributed by atoms with Gasteiger partial charge in [0.15, 0.2) is 0 Å². The monoisotopic (exact) mass is 634 g/mol. The molecule has 1 aliphatic rings. The first-order chi connectivity index (χ1) is 23.8. The second-order valence-electron chi connectivity index (χ2n) is 14.2. The summed E-state index contributed by atoms with van der Waals surface area (Å²) in [5, 5.41) is 10.3. The largest absolute Gasteiger partial charge is 0.310 e. The number of benzene rings is 6. The minimum Gasteiger partial charge on any atom is -0.310 e. The molecule has 0 bridgehead atoms. The van der Waals surface area contributed by atoms with Gasteiger partial charge in [-0.05, 0) is 80.8 Å². The molecule has 0 unspecified atom stereocenters. The summed E-state index contributed by atoms with van der Waals surface area (Å²) in [5.41, 5.74) is 16.6. The third kappa shape index (κ3) is 5.76. The molecule has 7 rings (SSSR count). The molecule has 6 aromatic rings. The zero-order valence-corrected chi connectivity index (χ0v) is 29.4. The summed E-state index contributed by atoms with van der Waals surface area (Å²) in [6.45, 7) is 14.0. The molecule has 0 N–H and O–H groups in total. The van der Waals surface area contributed by atoms with Gasteiger partial charge in [-0.25, -0.2) is 0 Å². The van der Waals surface area contributed by atoms with Crippen LogP contribution in [-0.2, 0) is 0 Å². The van der Waals surface area contributed by atoms with Crippen molar-refractivity contribution in [3.8, 4) is 28.3 Å². The maximum atomic E-state index is 10.3. The molecule has 1 heterocycles. The molecule has 0 amide bonds. The van der Waals surface area contributed by atoms with Crippen molar-refractivity contribution < 1.29 is 0 Å². The molecule has 49 heavy (non-hydrogen) atoms. The van der Waals surface area contributed by atoms with E-state index in [4.69, 9.17) is 0 Å². The lowest BCUT2D eigenvalue weighted by molar-refractivity contribution is 0.812. The Bertz CT molecular complexity index is 2040. The third-order valence-electron chi connectivity index (χ3n) is 10.1. The summed E-state index contributed by atoms with van der Waals surface area (Å²) in [6, 6.07) is 50.5. The predicted molar refractivity (Wildman–Crippen MR) is 210 cm³/mol. The van der Waals surface area contributed by atoms with Crippen molar-refractivity contribution >= 4 is 40.2 Å². The Labute approximate surface area is 292 Å². The molecule has 1 aliphatic heterocycles. The summed E-state index contributed by atoms with van der Waals surface area (Å²) in [7, 11) is 0. The third-order valence-corrected chi connectivity index (χ3v) is 10.1. The van der Waals surface area contributed by atoms with Crippen LogP contribution >= 0.6 is 0 Å². The van der Waals surface area contributed by atoms with Crippen LogP contribution in [0.3, 0.4) is 0 Å². The molecule has 2 nitrogen and oxygen atoms in total. The molecule has 3 heteroatoms. The summed E-state index contributed by atoms with van der Waals surface area (Å²) in [5.74, 6) is 1.20. The average molecular weight is 635 g/mol. The van der Waals surface area contributed by atoms with Gasteiger partial charge in [-0.2, -0.15) is 5.26 Å². The van der Waals surface area contributed by atoms with E-state index in [9.17, 15) is 5.26 Å². The molecule has 0 spiro atoms.